The van der Waals surface area contributed by atoms with Crippen molar-refractivity contribution in [3.05, 3.63) is 35.2 Å². The molecule has 100 valence electrons. The lowest BCUT2D eigenvalue weighted by atomic mass is 10.1. The Hall–Kier alpha value is -1.75. The average Bonchev–Trinajstić information content (AvgIpc) is 2.67. The third-order valence-corrected chi connectivity index (χ3v) is 3.68. The van der Waals surface area contributed by atoms with Crippen LogP contribution in [0.5, 0.6) is 5.75 Å². The van der Waals surface area contributed by atoms with Gasteiger partial charge in [-0.25, -0.2) is 4.98 Å². The lowest BCUT2D eigenvalue weighted by Crippen LogP contribution is -1.99. The van der Waals surface area contributed by atoms with Gasteiger partial charge in [-0.2, -0.15) is 0 Å². The Labute approximate surface area is 116 Å². The maximum atomic E-state index is 11.8. The van der Waals surface area contributed by atoms with Crippen molar-refractivity contribution in [2.45, 2.75) is 30.9 Å². The molecule has 2 rings (SSSR count). The zero-order valence-corrected chi connectivity index (χ0v) is 12.1. The van der Waals surface area contributed by atoms with Crippen molar-refractivity contribution in [1.82, 2.24) is 4.98 Å². The molecule has 0 amide bonds. The molecule has 1 aromatic heterocycles. The second-order valence-corrected chi connectivity index (χ2v) is 5.11. The van der Waals surface area contributed by atoms with Crippen molar-refractivity contribution in [2.24, 2.45) is 0 Å². The Kier molecular flexibility index (Phi) is 3.95. The Balaban J connectivity index is 2.42. The van der Waals surface area contributed by atoms with Crippen molar-refractivity contribution in [3.8, 4) is 5.75 Å². The predicted octanol–water partition coefficient (Wildman–Crippen LogP) is 3.65. The fourth-order valence-electron chi connectivity index (χ4n) is 1.69. The molecule has 0 saturated heterocycles. The average molecular weight is 277 g/mol. The summed E-state index contributed by atoms with van der Waals surface area (Å²) in [6.07, 6.45) is 0. The van der Waals surface area contributed by atoms with Crippen molar-refractivity contribution in [3.63, 3.8) is 0 Å². The predicted molar refractivity (Wildman–Crippen MR) is 73.1 cm³/mol. The van der Waals surface area contributed by atoms with Crippen LogP contribution in [0.4, 0.5) is 0 Å². The molecular formula is C14H15NO3S. The molecule has 4 nitrogen and oxygen atoms in total. The number of nitrogens with zero attached hydrogens (tertiary/aromatic N) is 1. The number of hydrogen-bond donors (Lipinski definition) is 0. The van der Waals surface area contributed by atoms with Crippen LogP contribution in [0.25, 0.3) is 0 Å². The largest absolute Gasteiger partial charge is 0.496 e. The number of Topliss-reactive ketones (excluding diaryl/α,β-unsaturated/α-hetero) is 1. The molecule has 0 N–H and O–H groups in total. The van der Waals surface area contributed by atoms with Gasteiger partial charge in [-0.05, 0) is 44.7 Å². The molecule has 1 aromatic carbocycles. The Morgan fingerprint density at radius 2 is 2.11 bits per heavy atom. The van der Waals surface area contributed by atoms with E-state index < -0.39 is 0 Å². The second-order valence-electron chi connectivity index (χ2n) is 4.11. The zero-order chi connectivity index (χ0) is 14.0. The smallest absolute Gasteiger partial charge is 0.261 e. The van der Waals surface area contributed by atoms with Gasteiger partial charge in [0.05, 0.1) is 18.4 Å². The van der Waals surface area contributed by atoms with Crippen LogP contribution in [0.3, 0.4) is 0 Å². The van der Waals surface area contributed by atoms with E-state index >= 15 is 0 Å². The molecule has 1 heterocycles. The number of hydrogen-bond acceptors (Lipinski definition) is 5. The van der Waals surface area contributed by atoms with Gasteiger partial charge in [-0.1, -0.05) is 6.07 Å². The van der Waals surface area contributed by atoms with Gasteiger partial charge in [0, 0.05) is 4.90 Å². The summed E-state index contributed by atoms with van der Waals surface area (Å²) in [5.41, 5.74) is 1.42. The van der Waals surface area contributed by atoms with Gasteiger partial charge in [0.1, 0.15) is 11.5 Å². The SMILES string of the molecule is COc1cccc(Sc2nc(C)c(C)o2)c1C(C)=O. The van der Waals surface area contributed by atoms with E-state index in [1.54, 1.807) is 13.2 Å². The molecule has 19 heavy (non-hydrogen) atoms. The van der Waals surface area contributed by atoms with Gasteiger partial charge in [0.2, 0.25) is 0 Å². The third-order valence-electron chi connectivity index (χ3n) is 2.77. The van der Waals surface area contributed by atoms with E-state index in [0.29, 0.717) is 16.5 Å². The Morgan fingerprint density at radius 1 is 1.37 bits per heavy atom. The summed E-state index contributed by atoms with van der Waals surface area (Å²) in [6, 6.07) is 5.47. The fraction of sp³-hybridized carbons (Fsp3) is 0.286. The van der Waals surface area contributed by atoms with Crippen molar-refractivity contribution >= 4 is 17.5 Å². The van der Waals surface area contributed by atoms with Crippen LogP contribution < -0.4 is 4.74 Å². The number of benzene rings is 1. The number of methoxy groups -OCH3 is 1. The minimum Gasteiger partial charge on any atom is -0.496 e. The van der Waals surface area contributed by atoms with E-state index in [-0.39, 0.29) is 5.78 Å². The summed E-state index contributed by atoms with van der Waals surface area (Å²) in [6.45, 7) is 5.28. The van der Waals surface area contributed by atoms with Crippen molar-refractivity contribution in [1.29, 1.82) is 0 Å². The molecular weight excluding hydrogens is 262 g/mol. The summed E-state index contributed by atoms with van der Waals surface area (Å²) < 4.78 is 10.8. The standard InChI is InChI=1S/C14H15NO3S/c1-8-10(3)18-14(15-8)19-12-7-5-6-11(17-4)13(12)9(2)16/h5-7H,1-4H3. The van der Waals surface area contributed by atoms with E-state index in [4.69, 9.17) is 9.15 Å². The molecule has 5 heteroatoms. The second kappa shape index (κ2) is 5.48. The van der Waals surface area contributed by atoms with E-state index in [1.165, 1.54) is 18.7 Å². The number of aryl methyl sites for hydroxylation is 2. The fourth-order valence-corrected chi connectivity index (χ4v) is 2.72. The highest BCUT2D eigenvalue weighted by Gasteiger charge is 2.17. The van der Waals surface area contributed by atoms with Crippen LogP contribution in [-0.4, -0.2) is 17.9 Å². The van der Waals surface area contributed by atoms with Crippen LogP contribution in [0.15, 0.2) is 32.7 Å². The summed E-state index contributed by atoms with van der Waals surface area (Å²) in [5.74, 6) is 1.31. The number of aromatic nitrogens is 1. The molecule has 0 atom stereocenters. The first kappa shape index (κ1) is 13.7. The minimum absolute atomic E-state index is 0.0417. The summed E-state index contributed by atoms with van der Waals surface area (Å²) in [7, 11) is 1.55. The van der Waals surface area contributed by atoms with Crippen molar-refractivity contribution < 1.29 is 13.9 Å². The van der Waals surface area contributed by atoms with E-state index in [1.807, 2.05) is 26.0 Å². The maximum Gasteiger partial charge on any atom is 0.261 e. The molecule has 0 aliphatic heterocycles. The number of ether oxygens (including phenoxy) is 1. The van der Waals surface area contributed by atoms with Crippen LogP contribution in [0, 0.1) is 13.8 Å². The van der Waals surface area contributed by atoms with E-state index in [9.17, 15) is 4.79 Å². The normalized spacial score (nSPS) is 10.5. The highest BCUT2D eigenvalue weighted by Crippen LogP contribution is 2.35. The van der Waals surface area contributed by atoms with E-state index in [0.717, 1.165) is 16.3 Å². The van der Waals surface area contributed by atoms with Gasteiger partial charge in [-0.15, -0.1) is 0 Å². The third kappa shape index (κ3) is 2.81. The topological polar surface area (TPSA) is 52.3 Å². The van der Waals surface area contributed by atoms with E-state index in [2.05, 4.69) is 4.98 Å². The highest BCUT2D eigenvalue weighted by atomic mass is 32.2. The van der Waals surface area contributed by atoms with Crippen molar-refractivity contribution in [2.75, 3.05) is 7.11 Å². The summed E-state index contributed by atoms with van der Waals surface area (Å²) >= 11 is 1.33. The monoisotopic (exact) mass is 277 g/mol. The minimum atomic E-state index is -0.0417. The van der Waals surface area contributed by atoms with Crippen LogP contribution in [-0.2, 0) is 0 Å². The first-order valence-corrected chi connectivity index (χ1v) is 6.64. The van der Waals surface area contributed by atoms with Crippen LogP contribution >= 0.6 is 11.8 Å². The molecule has 2 aromatic rings. The Bertz CT molecular complexity index is 600. The first-order chi connectivity index (χ1) is 9.02. The quantitative estimate of drug-likeness (QED) is 0.798. The number of rotatable bonds is 4. The molecule has 0 spiro atoms. The van der Waals surface area contributed by atoms with Gasteiger partial charge < -0.3 is 9.15 Å². The van der Waals surface area contributed by atoms with Gasteiger partial charge in [0.25, 0.3) is 5.22 Å². The molecule has 0 aliphatic carbocycles. The molecule has 0 fully saturated rings. The number of carbonyl (C=O) groups is 1. The number of carbonyl (C=O) groups excluding carboxylic acids is 1. The van der Waals surface area contributed by atoms with Gasteiger partial charge in [-0.3, -0.25) is 4.79 Å². The maximum absolute atomic E-state index is 11.8. The zero-order valence-electron chi connectivity index (χ0n) is 11.3. The molecule has 0 saturated carbocycles. The summed E-state index contributed by atoms with van der Waals surface area (Å²) in [4.78, 5) is 16.9. The molecule has 0 radical (unpaired) electrons. The summed E-state index contributed by atoms with van der Waals surface area (Å²) in [5, 5.41) is 0.533. The first-order valence-electron chi connectivity index (χ1n) is 5.82. The van der Waals surface area contributed by atoms with Gasteiger partial charge in [0.15, 0.2) is 5.78 Å². The lowest BCUT2D eigenvalue weighted by molar-refractivity contribution is 0.101. The molecule has 0 bridgehead atoms. The highest BCUT2D eigenvalue weighted by molar-refractivity contribution is 7.99. The molecule has 0 unspecified atom stereocenters. The molecule has 0 aliphatic rings. The number of ketones is 1. The van der Waals surface area contributed by atoms with Crippen LogP contribution in [0.1, 0.15) is 28.7 Å². The lowest BCUT2D eigenvalue weighted by Gasteiger charge is -2.09. The van der Waals surface area contributed by atoms with Crippen LogP contribution in [0.2, 0.25) is 0 Å². The number of oxazole rings is 1. The van der Waals surface area contributed by atoms with Gasteiger partial charge >= 0.3 is 0 Å². The Morgan fingerprint density at radius 3 is 2.63 bits per heavy atom.